The average Bonchev–Trinajstić information content (AvgIpc) is 2.87. The first kappa shape index (κ1) is 15.3. The number of hydrogen-bond donors (Lipinski definition) is 1. The van der Waals surface area contributed by atoms with Crippen molar-refractivity contribution in [2.24, 2.45) is 11.8 Å². The van der Waals surface area contributed by atoms with Gasteiger partial charge in [0.1, 0.15) is 0 Å². The van der Waals surface area contributed by atoms with E-state index in [4.69, 9.17) is 5.11 Å². The number of hydrogen-bond acceptors (Lipinski definition) is 3. The molecule has 1 aliphatic rings. The highest BCUT2D eigenvalue weighted by molar-refractivity contribution is 5.77. The summed E-state index contributed by atoms with van der Waals surface area (Å²) < 4.78 is 0. The van der Waals surface area contributed by atoms with E-state index in [1.54, 1.807) is 23.0 Å². The molecular formula is C15H21N3O3. The van der Waals surface area contributed by atoms with Crippen LogP contribution in [0.1, 0.15) is 12.6 Å². The highest BCUT2D eigenvalue weighted by Gasteiger charge is 2.37. The Kier molecular flexibility index (Phi) is 4.77. The van der Waals surface area contributed by atoms with Crippen LogP contribution in [0.15, 0.2) is 24.4 Å². The molecule has 0 aliphatic carbocycles. The molecule has 2 unspecified atom stereocenters. The zero-order valence-corrected chi connectivity index (χ0v) is 12.4. The van der Waals surface area contributed by atoms with E-state index in [0.29, 0.717) is 26.1 Å². The third kappa shape index (κ3) is 3.71. The van der Waals surface area contributed by atoms with Crippen LogP contribution in [0.2, 0.25) is 0 Å². The lowest BCUT2D eigenvalue weighted by molar-refractivity contribution is -0.142. The lowest BCUT2D eigenvalue weighted by Gasteiger charge is -2.24. The predicted molar refractivity (Wildman–Crippen MR) is 77.8 cm³/mol. The summed E-state index contributed by atoms with van der Waals surface area (Å²) in [6.45, 7) is 3.24. The molecule has 1 fully saturated rings. The van der Waals surface area contributed by atoms with Crippen LogP contribution in [-0.2, 0) is 11.2 Å². The number of carboxylic acid groups (broad SMARTS) is 1. The summed E-state index contributed by atoms with van der Waals surface area (Å²) in [5, 5.41) is 9.11. The zero-order valence-electron chi connectivity index (χ0n) is 12.4. The zero-order chi connectivity index (χ0) is 15.4. The monoisotopic (exact) mass is 291 g/mol. The minimum atomic E-state index is -0.825. The molecule has 0 radical (unpaired) electrons. The number of rotatable bonds is 4. The normalized spacial score (nSPS) is 21.3. The number of carbonyl (C=O) groups is 2. The van der Waals surface area contributed by atoms with Crippen molar-refractivity contribution in [3.63, 3.8) is 0 Å². The first-order chi connectivity index (χ1) is 9.99. The fourth-order valence-corrected chi connectivity index (χ4v) is 2.61. The fourth-order valence-electron chi connectivity index (χ4n) is 2.61. The van der Waals surface area contributed by atoms with E-state index in [0.717, 1.165) is 5.69 Å². The van der Waals surface area contributed by atoms with Gasteiger partial charge in [0.05, 0.1) is 5.92 Å². The van der Waals surface area contributed by atoms with Crippen molar-refractivity contribution < 1.29 is 14.7 Å². The molecule has 21 heavy (non-hydrogen) atoms. The number of carboxylic acids is 1. The molecule has 114 valence electrons. The van der Waals surface area contributed by atoms with Gasteiger partial charge < -0.3 is 14.9 Å². The summed E-state index contributed by atoms with van der Waals surface area (Å²) in [4.78, 5) is 30.9. The van der Waals surface area contributed by atoms with Crippen LogP contribution in [0.25, 0.3) is 0 Å². The number of carbonyl (C=O) groups excluding carboxylic acids is 1. The van der Waals surface area contributed by atoms with Crippen LogP contribution in [0.5, 0.6) is 0 Å². The second kappa shape index (κ2) is 6.56. The first-order valence-corrected chi connectivity index (χ1v) is 7.11. The lowest BCUT2D eigenvalue weighted by Crippen LogP contribution is -2.41. The van der Waals surface area contributed by atoms with Gasteiger partial charge in [-0.2, -0.15) is 0 Å². The van der Waals surface area contributed by atoms with Gasteiger partial charge in [0.25, 0.3) is 0 Å². The molecule has 2 rings (SSSR count). The molecule has 2 atom stereocenters. The number of likely N-dealkylation sites (tertiary alicyclic amines) is 1. The Labute approximate surface area is 124 Å². The van der Waals surface area contributed by atoms with Gasteiger partial charge in [-0.1, -0.05) is 13.0 Å². The molecule has 6 heteroatoms. The van der Waals surface area contributed by atoms with Crippen LogP contribution in [0.3, 0.4) is 0 Å². The molecule has 1 N–H and O–H groups in total. The summed E-state index contributed by atoms with van der Waals surface area (Å²) >= 11 is 0. The average molecular weight is 291 g/mol. The summed E-state index contributed by atoms with van der Waals surface area (Å²) in [6, 6.07) is 5.60. The first-order valence-electron chi connectivity index (χ1n) is 7.11. The Bertz CT molecular complexity index is 506. The summed E-state index contributed by atoms with van der Waals surface area (Å²) in [7, 11) is 1.74. The van der Waals surface area contributed by atoms with E-state index in [9.17, 15) is 9.59 Å². The van der Waals surface area contributed by atoms with Crippen molar-refractivity contribution >= 4 is 12.0 Å². The minimum Gasteiger partial charge on any atom is -0.481 e. The van der Waals surface area contributed by atoms with Gasteiger partial charge in [0.2, 0.25) is 0 Å². The number of aromatic nitrogens is 1. The maximum Gasteiger partial charge on any atom is 0.319 e. The van der Waals surface area contributed by atoms with Crippen molar-refractivity contribution in [1.29, 1.82) is 0 Å². The summed E-state index contributed by atoms with van der Waals surface area (Å²) in [5.74, 6) is -1.29. The van der Waals surface area contributed by atoms with Crippen LogP contribution < -0.4 is 0 Å². The number of aliphatic carboxylic acids is 1. The second-order valence-corrected chi connectivity index (χ2v) is 5.60. The Morgan fingerprint density at radius 1 is 1.43 bits per heavy atom. The van der Waals surface area contributed by atoms with Gasteiger partial charge >= 0.3 is 12.0 Å². The number of amides is 2. The quantitative estimate of drug-likeness (QED) is 0.908. The Morgan fingerprint density at radius 2 is 2.19 bits per heavy atom. The van der Waals surface area contributed by atoms with Gasteiger partial charge in [0.15, 0.2) is 0 Å². The highest BCUT2D eigenvalue weighted by atomic mass is 16.4. The Hall–Kier alpha value is -2.11. The Balaban J connectivity index is 1.87. The van der Waals surface area contributed by atoms with Crippen molar-refractivity contribution in [3.8, 4) is 0 Å². The minimum absolute atomic E-state index is 0.00404. The molecule has 0 bridgehead atoms. The van der Waals surface area contributed by atoms with E-state index in [1.807, 2.05) is 25.1 Å². The maximum atomic E-state index is 12.3. The SMILES string of the molecule is CC1CN(C(=O)N(C)CCc2ccccn2)CC1C(=O)O. The van der Waals surface area contributed by atoms with Gasteiger partial charge in [0, 0.05) is 45.0 Å². The van der Waals surface area contributed by atoms with Crippen molar-refractivity contribution in [1.82, 2.24) is 14.8 Å². The smallest absolute Gasteiger partial charge is 0.319 e. The third-order valence-electron chi connectivity index (χ3n) is 3.96. The molecule has 0 saturated carbocycles. The third-order valence-corrected chi connectivity index (χ3v) is 3.96. The van der Waals surface area contributed by atoms with Gasteiger partial charge in [-0.05, 0) is 18.1 Å². The number of pyridine rings is 1. The number of likely N-dealkylation sites (N-methyl/N-ethyl adjacent to an activating group) is 1. The number of nitrogens with zero attached hydrogens (tertiary/aromatic N) is 3. The van der Waals surface area contributed by atoms with Gasteiger partial charge in [-0.15, -0.1) is 0 Å². The van der Waals surface area contributed by atoms with E-state index in [-0.39, 0.29) is 11.9 Å². The summed E-state index contributed by atoms with van der Waals surface area (Å²) in [5.41, 5.74) is 0.940. The van der Waals surface area contributed by atoms with Gasteiger partial charge in [-0.3, -0.25) is 9.78 Å². The second-order valence-electron chi connectivity index (χ2n) is 5.60. The fraction of sp³-hybridized carbons (Fsp3) is 0.533. The predicted octanol–water partition coefficient (Wildman–Crippen LogP) is 1.33. The highest BCUT2D eigenvalue weighted by Crippen LogP contribution is 2.23. The molecule has 2 heterocycles. The topological polar surface area (TPSA) is 73.7 Å². The molecule has 0 spiro atoms. The molecule has 2 amide bonds. The van der Waals surface area contributed by atoms with Crippen molar-refractivity contribution in [2.45, 2.75) is 13.3 Å². The maximum absolute atomic E-state index is 12.3. The summed E-state index contributed by atoms with van der Waals surface area (Å²) in [6.07, 6.45) is 2.42. The molecule has 6 nitrogen and oxygen atoms in total. The molecule has 1 aliphatic heterocycles. The molecular weight excluding hydrogens is 270 g/mol. The van der Waals surface area contributed by atoms with E-state index in [2.05, 4.69) is 4.98 Å². The van der Waals surface area contributed by atoms with Crippen molar-refractivity contribution in [3.05, 3.63) is 30.1 Å². The van der Waals surface area contributed by atoms with Crippen LogP contribution in [0.4, 0.5) is 4.79 Å². The van der Waals surface area contributed by atoms with Gasteiger partial charge in [-0.25, -0.2) is 4.79 Å². The largest absolute Gasteiger partial charge is 0.481 e. The molecule has 1 aromatic heterocycles. The van der Waals surface area contributed by atoms with Crippen LogP contribution in [0, 0.1) is 11.8 Å². The number of urea groups is 1. The molecule has 0 aromatic carbocycles. The van der Waals surface area contributed by atoms with Crippen molar-refractivity contribution in [2.75, 3.05) is 26.7 Å². The standard InChI is InChI=1S/C15H21N3O3/c1-11-9-18(10-13(11)14(19)20)15(21)17(2)8-6-12-5-3-4-7-16-12/h3-5,7,11,13H,6,8-10H2,1-2H3,(H,19,20). The molecule has 1 aromatic rings. The van der Waals surface area contributed by atoms with E-state index >= 15 is 0 Å². The molecule has 1 saturated heterocycles. The van der Waals surface area contributed by atoms with Crippen LogP contribution in [-0.4, -0.2) is 58.6 Å². The van der Waals surface area contributed by atoms with E-state index < -0.39 is 11.9 Å². The van der Waals surface area contributed by atoms with Crippen LogP contribution >= 0.6 is 0 Å². The lowest BCUT2D eigenvalue weighted by atomic mass is 9.99. The van der Waals surface area contributed by atoms with E-state index in [1.165, 1.54) is 0 Å². The Morgan fingerprint density at radius 3 is 2.76 bits per heavy atom.